The minimum Gasteiger partial charge on any atom is -0.356 e. The Bertz CT molecular complexity index is 807. The van der Waals surface area contributed by atoms with Crippen molar-refractivity contribution in [3.05, 3.63) is 34.5 Å². The molecule has 140 valence electrons. The third-order valence-electron chi connectivity index (χ3n) is 5.88. The topological polar surface area (TPSA) is 48.1 Å². The number of aromatic nitrogens is 1. The molecule has 0 aliphatic carbocycles. The SMILES string of the molecule is CC(C)C[C@H]1c2[nH]c3ccc(Cl)cc3c2CCN1C(=O)C1CCNCC1. The van der Waals surface area contributed by atoms with E-state index in [9.17, 15) is 4.79 Å². The molecule has 1 saturated heterocycles. The number of fused-ring (bicyclic) bond motifs is 3. The zero-order valence-corrected chi connectivity index (χ0v) is 16.4. The van der Waals surface area contributed by atoms with E-state index in [1.165, 1.54) is 16.6 Å². The molecule has 0 saturated carbocycles. The van der Waals surface area contributed by atoms with Crippen molar-refractivity contribution in [1.82, 2.24) is 15.2 Å². The lowest BCUT2D eigenvalue weighted by Gasteiger charge is -2.39. The van der Waals surface area contributed by atoms with Gasteiger partial charge in [0.15, 0.2) is 0 Å². The van der Waals surface area contributed by atoms with E-state index in [1.807, 2.05) is 6.07 Å². The Morgan fingerprint density at radius 3 is 2.81 bits per heavy atom. The molecule has 0 bridgehead atoms. The van der Waals surface area contributed by atoms with Crippen molar-refractivity contribution in [2.24, 2.45) is 11.8 Å². The van der Waals surface area contributed by atoms with E-state index >= 15 is 0 Å². The number of benzene rings is 1. The third kappa shape index (κ3) is 3.25. The maximum absolute atomic E-state index is 13.3. The van der Waals surface area contributed by atoms with Crippen LogP contribution >= 0.6 is 11.6 Å². The number of hydrogen-bond donors (Lipinski definition) is 2. The first-order chi connectivity index (χ1) is 12.5. The second kappa shape index (κ2) is 7.24. The molecule has 2 aliphatic heterocycles. The lowest BCUT2D eigenvalue weighted by atomic mass is 9.89. The van der Waals surface area contributed by atoms with Crippen molar-refractivity contribution < 1.29 is 4.79 Å². The Hall–Kier alpha value is -1.52. The van der Waals surface area contributed by atoms with Gasteiger partial charge in [0.05, 0.1) is 6.04 Å². The van der Waals surface area contributed by atoms with Gasteiger partial charge >= 0.3 is 0 Å². The highest BCUT2D eigenvalue weighted by Gasteiger charge is 2.36. The first kappa shape index (κ1) is 17.9. The number of aromatic amines is 1. The normalized spacial score (nSPS) is 21.4. The van der Waals surface area contributed by atoms with Gasteiger partial charge in [-0.1, -0.05) is 25.4 Å². The Kier molecular flexibility index (Phi) is 4.98. The van der Waals surface area contributed by atoms with E-state index in [0.717, 1.165) is 55.9 Å². The van der Waals surface area contributed by atoms with E-state index in [-0.39, 0.29) is 12.0 Å². The third-order valence-corrected chi connectivity index (χ3v) is 6.11. The average molecular weight is 374 g/mol. The summed E-state index contributed by atoms with van der Waals surface area (Å²) < 4.78 is 0. The fourth-order valence-electron chi connectivity index (χ4n) is 4.60. The molecule has 4 nitrogen and oxygen atoms in total. The molecule has 1 amide bonds. The van der Waals surface area contributed by atoms with Crippen LogP contribution in [0.5, 0.6) is 0 Å². The molecule has 0 radical (unpaired) electrons. The first-order valence-electron chi connectivity index (χ1n) is 9.85. The molecule has 5 heteroatoms. The van der Waals surface area contributed by atoms with E-state index in [4.69, 9.17) is 11.6 Å². The highest BCUT2D eigenvalue weighted by Crippen LogP contribution is 2.39. The molecule has 1 aromatic heterocycles. The van der Waals surface area contributed by atoms with Crippen LogP contribution in [0.1, 0.15) is 50.4 Å². The van der Waals surface area contributed by atoms with Crippen molar-refractivity contribution in [2.45, 2.75) is 45.6 Å². The minimum atomic E-state index is 0.146. The number of carbonyl (C=O) groups excluding carboxylic acids is 1. The van der Waals surface area contributed by atoms with Crippen LogP contribution in [0.3, 0.4) is 0 Å². The summed E-state index contributed by atoms with van der Waals surface area (Å²) in [6.45, 7) is 7.19. The summed E-state index contributed by atoms with van der Waals surface area (Å²) in [5, 5.41) is 5.35. The van der Waals surface area contributed by atoms with Crippen LogP contribution in [0, 0.1) is 11.8 Å². The van der Waals surface area contributed by atoms with Crippen LogP contribution in [-0.2, 0) is 11.2 Å². The average Bonchev–Trinajstić information content (AvgIpc) is 3.00. The Balaban J connectivity index is 1.71. The second-order valence-corrected chi connectivity index (χ2v) is 8.59. The van der Waals surface area contributed by atoms with Gasteiger partial charge in [0.2, 0.25) is 5.91 Å². The number of carbonyl (C=O) groups is 1. The molecule has 26 heavy (non-hydrogen) atoms. The molecule has 1 aromatic carbocycles. The smallest absolute Gasteiger partial charge is 0.226 e. The number of hydrogen-bond acceptors (Lipinski definition) is 2. The van der Waals surface area contributed by atoms with Crippen LogP contribution in [0.15, 0.2) is 18.2 Å². The van der Waals surface area contributed by atoms with Crippen molar-refractivity contribution in [1.29, 1.82) is 0 Å². The second-order valence-electron chi connectivity index (χ2n) is 8.16. The molecular weight excluding hydrogens is 346 g/mol. The molecule has 4 rings (SSSR count). The number of nitrogens with zero attached hydrogens (tertiary/aromatic N) is 1. The summed E-state index contributed by atoms with van der Waals surface area (Å²) in [5.41, 5.74) is 3.70. The largest absolute Gasteiger partial charge is 0.356 e. The predicted octanol–water partition coefficient (Wildman–Crippen LogP) is 4.29. The Morgan fingerprint density at radius 1 is 1.31 bits per heavy atom. The van der Waals surface area contributed by atoms with Crippen LogP contribution in [0.25, 0.3) is 10.9 Å². The van der Waals surface area contributed by atoms with E-state index in [0.29, 0.717) is 11.8 Å². The highest BCUT2D eigenvalue weighted by molar-refractivity contribution is 6.31. The van der Waals surface area contributed by atoms with Crippen LogP contribution in [0.4, 0.5) is 0 Å². The van der Waals surface area contributed by atoms with Gasteiger partial charge in [0.25, 0.3) is 0 Å². The summed E-state index contributed by atoms with van der Waals surface area (Å²) in [5.74, 6) is 1.05. The van der Waals surface area contributed by atoms with Gasteiger partial charge < -0.3 is 15.2 Å². The zero-order chi connectivity index (χ0) is 18.3. The molecule has 0 spiro atoms. The van der Waals surface area contributed by atoms with E-state index in [1.54, 1.807) is 0 Å². The maximum Gasteiger partial charge on any atom is 0.226 e. The van der Waals surface area contributed by atoms with Crippen molar-refractivity contribution in [2.75, 3.05) is 19.6 Å². The first-order valence-corrected chi connectivity index (χ1v) is 10.2. The summed E-state index contributed by atoms with van der Waals surface area (Å²) in [4.78, 5) is 19.1. The summed E-state index contributed by atoms with van der Waals surface area (Å²) >= 11 is 6.24. The molecule has 2 aromatic rings. The molecular formula is C21H28ClN3O. The van der Waals surface area contributed by atoms with Gasteiger partial charge in [0, 0.05) is 34.1 Å². The number of halogens is 1. The van der Waals surface area contributed by atoms with Gasteiger partial charge in [-0.2, -0.15) is 0 Å². The minimum absolute atomic E-state index is 0.146. The molecule has 1 atom stereocenters. The molecule has 2 aliphatic rings. The number of amides is 1. The van der Waals surface area contributed by atoms with E-state index < -0.39 is 0 Å². The lowest BCUT2D eigenvalue weighted by Crippen LogP contribution is -2.46. The van der Waals surface area contributed by atoms with Crippen molar-refractivity contribution in [3.63, 3.8) is 0 Å². The van der Waals surface area contributed by atoms with Gasteiger partial charge in [-0.05, 0) is 68.5 Å². The van der Waals surface area contributed by atoms with Crippen molar-refractivity contribution >= 4 is 28.4 Å². The van der Waals surface area contributed by atoms with Gasteiger partial charge in [-0.15, -0.1) is 0 Å². The fraction of sp³-hybridized carbons (Fsp3) is 0.571. The molecule has 3 heterocycles. The number of H-pyrrole nitrogens is 1. The van der Waals surface area contributed by atoms with Crippen molar-refractivity contribution in [3.8, 4) is 0 Å². The molecule has 2 N–H and O–H groups in total. The number of piperidine rings is 1. The zero-order valence-electron chi connectivity index (χ0n) is 15.6. The summed E-state index contributed by atoms with van der Waals surface area (Å²) in [7, 11) is 0. The maximum atomic E-state index is 13.3. The predicted molar refractivity (Wildman–Crippen MR) is 107 cm³/mol. The van der Waals surface area contributed by atoms with Gasteiger partial charge in [-0.3, -0.25) is 4.79 Å². The van der Waals surface area contributed by atoms with Crippen LogP contribution in [0.2, 0.25) is 5.02 Å². The monoisotopic (exact) mass is 373 g/mol. The van der Waals surface area contributed by atoms with Crippen LogP contribution < -0.4 is 5.32 Å². The molecule has 1 fully saturated rings. The number of rotatable bonds is 3. The highest BCUT2D eigenvalue weighted by atomic mass is 35.5. The van der Waals surface area contributed by atoms with Gasteiger partial charge in [-0.25, -0.2) is 0 Å². The fourth-order valence-corrected chi connectivity index (χ4v) is 4.77. The summed E-state index contributed by atoms with van der Waals surface area (Å²) in [6, 6.07) is 6.19. The van der Waals surface area contributed by atoms with E-state index in [2.05, 4.69) is 41.2 Å². The lowest BCUT2D eigenvalue weighted by molar-refractivity contribution is -0.139. The standard InChI is InChI=1S/C21H28ClN3O/c1-13(2)11-19-20-16(17-12-15(22)3-4-18(17)24-20)7-10-25(19)21(26)14-5-8-23-9-6-14/h3-4,12-14,19,23-24H,5-11H2,1-2H3/t19-/m0/s1. The summed E-state index contributed by atoms with van der Waals surface area (Å²) in [6.07, 6.45) is 3.81. The quantitative estimate of drug-likeness (QED) is 0.842. The molecule has 0 unspecified atom stereocenters. The Morgan fingerprint density at radius 2 is 2.08 bits per heavy atom. The van der Waals surface area contributed by atoms with Gasteiger partial charge in [0.1, 0.15) is 0 Å². The Labute approximate surface area is 160 Å². The number of nitrogens with one attached hydrogen (secondary N) is 2. The van der Waals surface area contributed by atoms with Crippen LogP contribution in [-0.4, -0.2) is 35.4 Å².